The summed E-state index contributed by atoms with van der Waals surface area (Å²) >= 11 is 0. The lowest BCUT2D eigenvalue weighted by Crippen LogP contribution is -2.10. The molecule has 0 amide bonds. The highest BCUT2D eigenvalue weighted by Gasteiger charge is 2.09. The molecule has 0 saturated heterocycles. The Morgan fingerprint density at radius 3 is 1.75 bits per heavy atom. The summed E-state index contributed by atoms with van der Waals surface area (Å²) in [7, 11) is 0. The second kappa shape index (κ2) is 4.06. The molecule has 0 N–H and O–H groups in total. The average molecular weight is 169 g/mol. The van der Waals surface area contributed by atoms with Crippen LogP contribution in [0.5, 0.6) is 0 Å². The molecule has 1 heteroatoms. The highest BCUT2D eigenvalue weighted by Crippen LogP contribution is 2.17. The number of hydrogen-bond donors (Lipinski definition) is 0. The molecular formula is C11H23N. The van der Waals surface area contributed by atoms with Crippen molar-refractivity contribution in [3.63, 3.8) is 0 Å². The number of aliphatic imine (C=N–C) groups is 1. The van der Waals surface area contributed by atoms with Crippen LogP contribution < -0.4 is 0 Å². The van der Waals surface area contributed by atoms with Gasteiger partial charge in [-0.05, 0) is 23.5 Å². The van der Waals surface area contributed by atoms with Gasteiger partial charge in [0, 0.05) is 6.54 Å². The number of nitrogens with zero attached hydrogens (tertiary/aromatic N) is 1. The average Bonchev–Trinajstić information content (AvgIpc) is 1.76. The highest BCUT2D eigenvalue weighted by atomic mass is 14.7. The highest BCUT2D eigenvalue weighted by molar-refractivity contribution is 5.58. The molecule has 0 aromatic carbocycles. The van der Waals surface area contributed by atoms with Crippen molar-refractivity contribution in [2.45, 2.75) is 48.0 Å². The predicted octanol–water partition coefficient (Wildman–Crippen LogP) is 3.54. The quantitative estimate of drug-likeness (QED) is 0.561. The van der Waals surface area contributed by atoms with E-state index in [1.165, 1.54) is 0 Å². The maximum atomic E-state index is 4.40. The second-order valence-electron chi connectivity index (χ2n) is 5.85. The van der Waals surface area contributed by atoms with Gasteiger partial charge in [0.15, 0.2) is 0 Å². The minimum absolute atomic E-state index is 0.328. The van der Waals surface area contributed by atoms with Crippen LogP contribution in [0.2, 0.25) is 0 Å². The molecule has 0 unspecified atom stereocenters. The zero-order valence-corrected chi connectivity index (χ0v) is 9.44. The van der Waals surface area contributed by atoms with Gasteiger partial charge < -0.3 is 0 Å². The summed E-state index contributed by atoms with van der Waals surface area (Å²) in [6.07, 6.45) is 3.13. The van der Waals surface area contributed by atoms with E-state index in [1.807, 2.05) is 0 Å². The first-order valence-corrected chi connectivity index (χ1v) is 4.69. The van der Waals surface area contributed by atoms with Crippen LogP contribution >= 0.6 is 0 Å². The predicted molar refractivity (Wildman–Crippen MR) is 56.9 cm³/mol. The summed E-state index contributed by atoms with van der Waals surface area (Å²) in [5.74, 6) is 0. The van der Waals surface area contributed by atoms with Crippen molar-refractivity contribution in [2.75, 3.05) is 6.54 Å². The van der Waals surface area contributed by atoms with E-state index in [2.05, 4.69) is 52.7 Å². The van der Waals surface area contributed by atoms with Crippen LogP contribution in [0.15, 0.2) is 4.99 Å². The van der Waals surface area contributed by atoms with Gasteiger partial charge in [0.1, 0.15) is 0 Å². The molecule has 1 nitrogen and oxygen atoms in total. The van der Waals surface area contributed by atoms with Crippen LogP contribution in [0.4, 0.5) is 0 Å². The van der Waals surface area contributed by atoms with E-state index in [-0.39, 0.29) is 0 Å². The minimum atomic E-state index is 0.328. The lowest BCUT2D eigenvalue weighted by Gasteiger charge is -2.16. The Balaban J connectivity index is 3.66. The fourth-order valence-corrected chi connectivity index (χ4v) is 0.677. The van der Waals surface area contributed by atoms with Crippen molar-refractivity contribution < 1.29 is 0 Å². The third kappa shape index (κ3) is 9.67. The zero-order valence-electron chi connectivity index (χ0n) is 9.44. The Kier molecular flexibility index (Phi) is 3.95. The van der Waals surface area contributed by atoms with Gasteiger partial charge >= 0.3 is 0 Å². The molecule has 0 aromatic rings. The Bertz CT molecular complexity index is 125. The summed E-state index contributed by atoms with van der Waals surface area (Å²) in [6, 6.07) is 0. The van der Waals surface area contributed by atoms with Crippen molar-refractivity contribution in [2.24, 2.45) is 15.8 Å². The molecule has 0 fully saturated rings. The fraction of sp³-hybridized carbons (Fsp3) is 0.909. The molecule has 0 radical (unpaired) electrons. The largest absolute Gasteiger partial charge is 0.297 e. The van der Waals surface area contributed by atoms with Gasteiger partial charge in [-0.3, -0.25) is 4.99 Å². The van der Waals surface area contributed by atoms with E-state index in [0.717, 1.165) is 13.0 Å². The van der Waals surface area contributed by atoms with Crippen molar-refractivity contribution >= 4 is 6.21 Å². The lowest BCUT2D eigenvalue weighted by molar-refractivity contribution is 0.421. The van der Waals surface area contributed by atoms with Crippen molar-refractivity contribution in [3.8, 4) is 0 Å². The Hall–Kier alpha value is -0.330. The Morgan fingerprint density at radius 2 is 1.42 bits per heavy atom. The smallest absolute Gasteiger partial charge is 0.0433 e. The van der Waals surface area contributed by atoms with E-state index >= 15 is 0 Å². The van der Waals surface area contributed by atoms with Gasteiger partial charge in [0.2, 0.25) is 0 Å². The van der Waals surface area contributed by atoms with Crippen molar-refractivity contribution in [3.05, 3.63) is 0 Å². The third-order valence-corrected chi connectivity index (χ3v) is 1.40. The summed E-state index contributed by atoms with van der Waals surface area (Å²) in [6.45, 7) is 14.3. The first kappa shape index (κ1) is 11.7. The standard InChI is InChI=1S/C11H23N/c1-10(2,3)7-8-12-9-11(4,5)6/h8H,7,9H2,1-6H3/b12-8-. The van der Waals surface area contributed by atoms with Crippen LogP contribution in [0.1, 0.15) is 48.0 Å². The summed E-state index contributed by atoms with van der Waals surface area (Å²) in [5, 5.41) is 0. The van der Waals surface area contributed by atoms with Crippen LogP contribution in [0.25, 0.3) is 0 Å². The van der Waals surface area contributed by atoms with Crippen LogP contribution in [0.3, 0.4) is 0 Å². The molecule has 0 heterocycles. The van der Waals surface area contributed by atoms with Crippen molar-refractivity contribution in [1.82, 2.24) is 0 Å². The van der Waals surface area contributed by atoms with E-state index in [0.29, 0.717) is 10.8 Å². The molecule has 0 bridgehead atoms. The molecule has 0 aliphatic carbocycles. The first-order chi connectivity index (χ1) is 5.21. The van der Waals surface area contributed by atoms with Crippen LogP contribution in [0, 0.1) is 10.8 Å². The molecule has 0 aliphatic heterocycles. The van der Waals surface area contributed by atoms with Crippen molar-refractivity contribution in [1.29, 1.82) is 0 Å². The molecule has 0 aromatic heterocycles. The zero-order chi connectivity index (χ0) is 9.83. The van der Waals surface area contributed by atoms with E-state index < -0.39 is 0 Å². The lowest BCUT2D eigenvalue weighted by atomic mass is 9.93. The molecule has 0 saturated carbocycles. The van der Waals surface area contributed by atoms with Gasteiger partial charge in [-0.2, -0.15) is 0 Å². The maximum absolute atomic E-state index is 4.40. The van der Waals surface area contributed by atoms with E-state index in [4.69, 9.17) is 0 Å². The monoisotopic (exact) mass is 169 g/mol. The maximum Gasteiger partial charge on any atom is 0.0433 e. The topological polar surface area (TPSA) is 12.4 Å². The molecular weight excluding hydrogens is 146 g/mol. The van der Waals surface area contributed by atoms with Gasteiger partial charge in [0.05, 0.1) is 0 Å². The Labute approximate surface area is 77.3 Å². The minimum Gasteiger partial charge on any atom is -0.297 e. The molecule has 0 aliphatic rings. The van der Waals surface area contributed by atoms with Gasteiger partial charge in [-0.15, -0.1) is 0 Å². The van der Waals surface area contributed by atoms with Gasteiger partial charge in [0.25, 0.3) is 0 Å². The normalized spacial score (nSPS) is 14.2. The van der Waals surface area contributed by atoms with E-state index in [9.17, 15) is 0 Å². The van der Waals surface area contributed by atoms with E-state index in [1.54, 1.807) is 0 Å². The molecule has 0 rings (SSSR count). The molecule has 12 heavy (non-hydrogen) atoms. The second-order valence-corrected chi connectivity index (χ2v) is 5.85. The van der Waals surface area contributed by atoms with Gasteiger partial charge in [-0.1, -0.05) is 41.5 Å². The summed E-state index contributed by atoms with van der Waals surface area (Å²) in [4.78, 5) is 4.40. The first-order valence-electron chi connectivity index (χ1n) is 4.69. The summed E-state index contributed by atoms with van der Waals surface area (Å²) in [5.41, 5.74) is 0.704. The molecule has 0 atom stereocenters. The molecule has 0 spiro atoms. The number of hydrogen-bond acceptors (Lipinski definition) is 1. The SMILES string of the molecule is CC(C)(C)C/C=N\CC(C)(C)C. The fourth-order valence-electron chi connectivity index (χ4n) is 0.677. The van der Waals surface area contributed by atoms with Gasteiger partial charge in [-0.25, -0.2) is 0 Å². The number of rotatable bonds is 2. The van der Waals surface area contributed by atoms with Crippen LogP contribution in [-0.2, 0) is 0 Å². The third-order valence-electron chi connectivity index (χ3n) is 1.40. The summed E-state index contributed by atoms with van der Waals surface area (Å²) < 4.78 is 0. The molecule has 72 valence electrons. The Morgan fingerprint density at radius 1 is 0.917 bits per heavy atom. The van der Waals surface area contributed by atoms with Crippen LogP contribution in [-0.4, -0.2) is 12.8 Å².